The fourth-order valence-electron chi connectivity index (χ4n) is 2.71. The lowest BCUT2D eigenvalue weighted by molar-refractivity contribution is 0.0415. The zero-order valence-corrected chi connectivity index (χ0v) is 14.8. The predicted molar refractivity (Wildman–Crippen MR) is 98.1 cm³/mol. The van der Waals surface area contributed by atoms with Crippen molar-refractivity contribution in [3.8, 4) is 5.88 Å². The third kappa shape index (κ3) is 3.75. The number of amides is 2. The lowest BCUT2D eigenvalue weighted by Gasteiger charge is -2.30. The van der Waals surface area contributed by atoms with Crippen LogP contribution in [0.2, 0.25) is 0 Å². The zero-order chi connectivity index (χ0) is 18.7. The molecule has 2 heterocycles. The van der Waals surface area contributed by atoms with Crippen LogP contribution in [0, 0.1) is 0 Å². The number of hydrogen-bond acceptors (Lipinski definition) is 5. The highest BCUT2D eigenvalue weighted by Crippen LogP contribution is 2.26. The summed E-state index contributed by atoms with van der Waals surface area (Å²) in [6.45, 7) is 3.29. The van der Waals surface area contributed by atoms with Crippen molar-refractivity contribution >= 4 is 22.8 Å². The van der Waals surface area contributed by atoms with Gasteiger partial charge in [-0.3, -0.25) is 10.4 Å². The summed E-state index contributed by atoms with van der Waals surface area (Å²) in [6, 6.07) is 9.89. The van der Waals surface area contributed by atoms with E-state index in [1.807, 2.05) is 30.3 Å². The Morgan fingerprint density at radius 1 is 1.31 bits per heavy atom. The number of urea groups is 1. The van der Waals surface area contributed by atoms with Crippen LogP contribution in [-0.4, -0.2) is 39.0 Å². The fourth-order valence-corrected chi connectivity index (χ4v) is 2.71. The van der Waals surface area contributed by atoms with Crippen LogP contribution in [0.15, 0.2) is 42.6 Å². The molecule has 26 heavy (non-hydrogen) atoms. The van der Waals surface area contributed by atoms with E-state index in [4.69, 9.17) is 4.74 Å². The summed E-state index contributed by atoms with van der Waals surface area (Å²) in [5, 5.41) is 23.4. The second-order valence-electron chi connectivity index (χ2n) is 6.44. The molecule has 2 amide bonds. The van der Waals surface area contributed by atoms with Gasteiger partial charge in [0.2, 0.25) is 5.88 Å². The number of fused-ring (bicyclic) bond motifs is 1. The maximum absolute atomic E-state index is 12.4. The fraction of sp³-hybridized carbons (Fsp3) is 0.278. The lowest BCUT2D eigenvalue weighted by Crippen LogP contribution is -2.43. The van der Waals surface area contributed by atoms with Gasteiger partial charge in [0.25, 0.3) is 0 Å². The molecular formula is C18H21N5O3. The Hall–Kier alpha value is -3.13. The van der Waals surface area contributed by atoms with Gasteiger partial charge in [-0.2, -0.15) is 0 Å². The van der Waals surface area contributed by atoms with Crippen LogP contribution in [0.1, 0.15) is 25.5 Å². The first-order valence-electron chi connectivity index (χ1n) is 8.11. The van der Waals surface area contributed by atoms with E-state index in [0.717, 1.165) is 10.9 Å². The molecule has 0 saturated carbocycles. The highest BCUT2D eigenvalue weighted by atomic mass is 16.5. The molecule has 1 atom stereocenters. The number of carbonyl (C=O) groups excluding carboxylic acids is 1. The van der Waals surface area contributed by atoms with Gasteiger partial charge < -0.3 is 15.2 Å². The molecule has 0 aliphatic rings. The smallest absolute Gasteiger partial charge is 0.320 e. The standard InChI is InChI=1S/C18H21N5O3/c1-18(2,25)15(11-7-5-4-6-8-11)21-17(24)20-14-9-13-12(10-19-14)16(26-3)23-22-13/h4-10,15,25H,1-3H3,(H,22,23)(H2,19,20,21,24)/t15-/m0/s1. The molecule has 0 aliphatic heterocycles. The summed E-state index contributed by atoms with van der Waals surface area (Å²) in [5.74, 6) is 0.790. The second-order valence-corrected chi connectivity index (χ2v) is 6.44. The monoisotopic (exact) mass is 355 g/mol. The quantitative estimate of drug-likeness (QED) is 0.562. The number of aromatic amines is 1. The van der Waals surface area contributed by atoms with E-state index in [1.165, 1.54) is 7.11 Å². The van der Waals surface area contributed by atoms with Gasteiger partial charge in [-0.05, 0) is 19.4 Å². The molecule has 4 N–H and O–H groups in total. The summed E-state index contributed by atoms with van der Waals surface area (Å²) in [4.78, 5) is 16.6. The predicted octanol–water partition coefficient (Wildman–Crippen LogP) is 2.60. The van der Waals surface area contributed by atoms with Gasteiger partial charge in [0.1, 0.15) is 5.82 Å². The minimum absolute atomic E-state index is 0.351. The second kappa shape index (κ2) is 7.01. The SMILES string of the molecule is COc1n[nH]c2cc(NC(=O)N[C@@H](c3ccccc3)C(C)(C)O)ncc12. The number of nitrogens with one attached hydrogen (secondary N) is 3. The Balaban J connectivity index is 1.76. The highest BCUT2D eigenvalue weighted by molar-refractivity contribution is 5.92. The number of pyridine rings is 1. The Morgan fingerprint density at radius 2 is 2.04 bits per heavy atom. The molecule has 0 saturated heterocycles. The van der Waals surface area contributed by atoms with E-state index in [-0.39, 0.29) is 0 Å². The van der Waals surface area contributed by atoms with Crippen molar-refractivity contribution < 1.29 is 14.6 Å². The molecule has 0 spiro atoms. The number of H-pyrrole nitrogens is 1. The van der Waals surface area contributed by atoms with Crippen LogP contribution in [0.3, 0.4) is 0 Å². The summed E-state index contributed by atoms with van der Waals surface area (Å²) < 4.78 is 5.12. The molecule has 2 aromatic heterocycles. The number of rotatable bonds is 5. The summed E-state index contributed by atoms with van der Waals surface area (Å²) >= 11 is 0. The number of aromatic nitrogens is 3. The Morgan fingerprint density at radius 3 is 2.69 bits per heavy atom. The van der Waals surface area contributed by atoms with Gasteiger partial charge in [-0.25, -0.2) is 9.78 Å². The largest absolute Gasteiger partial charge is 0.479 e. The molecule has 0 bridgehead atoms. The molecule has 3 rings (SSSR count). The summed E-state index contributed by atoms with van der Waals surface area (Å²) in [6.07, 6.45) is 1.57. The Labute approximate surface area is 150 Å². The normalized spacial score (nSPS) is 12.6. The van der Waals surface area contributed by atoms with Crippen molar-refractivity contribution in [3.05, 3.63) is 48.2 Å². The Bertz CT molecular complexity index is 902. The average Bonchev–Trinajstić information content (AvgIpc) is 3.01. The van der Waals surface area contributed by atoms with Gasteiger partial charge in [-0.15, -0.1) is 5.10 Å². The molecule has 0 radical (unpaired) electrons. The number of ether oxygens (including phenoxy) is 1. The Kier molecular flexibility index (Phi) is 4.77. The number of nitrogens with zero attached hydrogens (tertiary/aromatic N) is 2. The lowest BCUT2D eigenvalue weighted by atomic mass is 9.92. The summed E-state index contributed by atoms with van der Waals surface area (Å²) in [7, 11) is 1.52. The third-order valence-corrected chi connectivity index (χ3v) is 3.96. The van der Waals surface area contributed by atoms with Crippen LogP contribution in [0.4, 0.5) is 10.6 Å². The topological polar surface area (TPSA) is 112 Å². The first kappa shape index (κ1) is 17.7. The van der Waals surface area contributed by atoms with Gasteiger partial charge >= 0.3 is 6.03 Å². The van der Waals surface area contributed by atoms with E-state index in [1.54, 1.807) is 26.1 Å². The molecule has 1 aromatic carbocycles. The van der Waals surface area contributed by atoms with Gasteiger partial charge in [-0.1, -0.05) is 30.3 Å². The molecule has 3 aromatic rings. The van der Waals surface area contributed by atoms with Crippen LogP contribution in [-0.2, 0) is 0 Å². The number of aliphatic hydroxyl groups is 1. The van der Waals surface area contributed by atoms with Crippen molar-refractivity contribution in [2.45, 2.75) is 25.5 Å². The number of benzene rings is 1. The number of hydrogen-bond donors (Lipinski definition) is 4. The number of anilines is 1. The number of methoxy groups -OCH3 is 1. The number of carbonyl (C=O) groups is 1. The molecular weight excluding hydrogens is 334 g/mol. The van der Waals surface area contributed by atoms with Crippen LogP contribution >= 0.6 is 0 Å². The first-order chi connectivity index (χ1) is 12.4. The van der Waals surface area contributed by atoms with E-state index >= 15 is 0 Å². The molecule has 136 valence electrons. The average molecular weight is 355 g/mol. The van der Waals surface area contributed by atoms with E-state index in [9.17, 15) is 9.90 Å². The third-order valence-electron chi connectivity index (χ3n) is 3.96. The van der Waals surface area contributed by atoms with Crippen LogP contribution < -0.4 is 15.4 Å². The molecule has 0 aliphatic carbocycles. The molecule has 8 heteroatoms. The van der Waals surface area contributed by atoms with Crippen molar-refractivity contribution in [1.82, 2.24) is 20.5 Å². The maximum atomic E-state index is 12.4. The van der Waals surface area contributed by atoms with E-state index < -0.39 is 17.7 Å². The van der Waals surface area contributed by atoms with E-state index in [2.05, 4.69) is 25.8 Å². The van der Waals surface area contributed by atoms with Crippen LogP contribution in [0.5, 0.6) is 5.88 Å². The summed E-state index contributed by atoms with van der Waals surface area (Å²) in [5.41, 5.74) is 0.346. The van der Waals surface area contributed by atoms with Crippen molar-refractivity contribution in [1.29, 1.82) is 0 Å². The zero-order valence-electron chi connectivity index (χ0n) is 14.8. The molecule has 0 unspecified atom stereocenters. The maximum Gasteiger partial charge on any atom is 0.320 e. The first-order valence-corrected chi connectivity index (χ1v) is 8.11. The van der Waals surface area contributed by atoms with Crippen molar-refractivity contribution in [3.63, 3.8) is 0 Å². The van der Waals surface area contributed by atoms with Gasteiger partial charge in [0.15, 0.2) is 0 Å². The highest BCUT2D eigenvalue weighted by Gasteiger charge is 2.29. The molecule has 8 nitrogen and oxygen atoms in total. The van der Waals surface area contributed by atoms with E-state index in [0.29, 0.717) is 17.2 Å². The van der Waals surface area contributed by atoms with Crippen molar-refractivity contribution in [2.24, 2.45) is 0 Å². The minimum Gasteiger partial charge on any atom is -0.479 e. The van der Waals surface area contributed by atoms with Crippen molar-refractivity contribution in [2.75, 3.05) is 12.4 Å². The van der Waals surface area contributed by atoms with Gasteiger partial charge in [0, 0.05) is 12.3 Å². The minimum atomic E-state index is -1.15. The van der Waals surface area contributed by atoms with Gasteiger partial charge in [0.05, 0.1) is 29.7 Å². The van der Waals surface area contributed by atoms with Crippen LogP contribution in [0.25, 0.3) is 10.9 Å². The molecule has 0 fully saturated rings.